The van der Waals surface area contributed by atoms with Crippen LogP contribution in [0.3, 0.4) is 0 Å². The molecule has 0 N–H and O–H groups in total. The molecule has 2 amide bonds. The number of rotatable bonds is 10. The van der Waals surface area contributed by atoms with Crippen LogP contribution in [0, 0.1) is 11.6 Å². The van der Waals surface area contributed by atoms with E-state index in [1.54, 1.807) is 0 Å². The van der Waals surface area contributed by atoms with Crippen LogP contribution < -0.4 is 5.11 Å². The summed E-state index contributed by atoms with van der Waals surface area (Å²) in [5.41, 5.74) is -1.84. The third-order valence-corrected chi connectivity index (χ3v) is 6.21. The van der Waals surface area contributed by atoms with Gasteiger partial charge in [0.05, 0.1) is 15.6 Å². The highest BCUT2D eigenvalue weighted by molar-refractivity contribution is 6.42. The van der Waals surface area contributed by atoms with E-state index in [1.807, 2.05) is 0 Å². The summed E-state index contributed by atoms with van der Waals surface area (Å²) in [6.07, 6.45) is -8.66. The Bertz CT molecular complexity index is 1130. The fourth-order valence-corrected chi connectivity index (χ4v) is 4.07. The third kappa shape index (κ3) is 7.30. The first kappa shape index (κ1) is 29.3. The van der Waals surface area contributed by atoms with Crippen LogP contribution >= 0.6 is 23.2 Å². The number of alkyl halides is 3. The lowest BCUT2D eigenvalue weighted by Gasteiger charge is -2.48. The van der Waals surface area contributed by atoms with Crippen molar-refractivity contribution in [3.05, 3.63) is 69.2 Å². The fraction of sp³-hybridized carbons (Fsp3) is 0.348. The summed E-state index contributed by atoms with van der Waals surface area (Å²) in [6, 6.07) is 6.50. The Kier molecular flexibility index (Phi) is 9.67. The molecule has 0 unspecified atom stereocenters. The molecule has 0 saturated carbocycles. The Morgan fingerprint density at radius 3 is 2.22 bits per heavy atom. The van der Waals surface area contributed by atoms with Crippen LogP contribution in [0.4, 0.5) is 26.7 Å². The van der Waals surface area contributed by atoms with Crippen LogP contribution in [0.2, 0.25) is 10.0 Å². The molecular weight excluding hydrogens is 534 g/mol. The molecule has 6 nitrogen and oxygen atoms in total. The number of benzene rings is 2. The first-order chi connectivity index (χ1) is 16.7. The molecule has 0 aliphatic rings. The van der Waals surface area contributed by atoms with E-state index in [-0.39, 0.29) is 34.0 Å². The predicted octanol–water partition coefficient (Wildman–Crippen LogP) is 4.70. The highest BCUT2D eigenvalue weighted by atomic mass is 35.5. The van der Waals surface area contributed by atoms with Crippen molar-refractivity contribution in [2.24, 2.45) is 0 Å². The van der Waals surface area contributed by atoms with Crippen molar-refractivity contribution in [2.45, 2.75) is 37.5 Å². The highest BCUT2D eigenvalue weighted by Gasteiger charge is 2.42. The molecule has 2 rings (SSSR count). The Labute approximate surface area is 213 Å². The summed E-state index contributed by atoms with van der Waals surface area (Å²) in [4.78, 5) is 37.3. The molecule has 0 fully saturated rings. The average molecular weight is 554 g/mol. The maximum atomic E-state index is 13.8. The van der Waals surface area contributed by atoms with Crippen LogP contribution in [0.25, 0.3) is 0 Å². The van der Waals surface area contributed by atoms with Gasteiger partial charge in [-0.1, -0.05) is 35.3 Å². The van der Waals surface area contributed by atoms with E-state index in [1.165, 1.54) is 18.2 Å². The van der Waals surface area contributed by atoms with Gasteiger partial charge in [-0.15, -0.1) is 0 Å². The molecule has 0 radical (unpaired) electrons. The van der Waals surface area contributed by atoms with E-state index < -0.39 is 54.9 Å². The van der Waals surface area contributed by atoms with Gasteiger partial charge < -0.3 is 24.5 Å². The number of halogens is 7. The third-order valence-electron chi connectivity index (χ3n) is 5.47. The van der Waals surface area contributed by atoms with Gasteiger partial charge in [0.25, 0.3) is 0 Å². The van der Waals surface area contributed by atoms with Crippen molar-refractivity contribution in [3.63, 3.8) is 0 Å². The Morgan fingerprint density at radius 2 is 1.69 bits per heavy atom. The molecule has 2 aromatic carbocycles. The topological polar surface area (TPSA) is 80.8 Å². The number of carbonyl (C=O) groups excluding carboxylic acids is 3. The van der Waals surface area contributed by atoms with Gasteiger partial charge in [-0.25, -0.2) is 8.78 Å². The molecule has 0 aliphatic carbocycles. The standard InChI is InChI=1S/C23H21Cl2F5N2O4/c1-31(20(34)11-23(28,29)30)13-22(7-2-8-33,15-4-5-16(24)17(25)10-15)32(21(35)36)12-14-3-6-18(26)19(27)9-14/h3-6,8-10H,2,7,11-13H2,1H3,(H,35,36)/p-1/t22-/m1/s1. The summed E-state index contributed by atoms with van der Waals surface area (Å²) in [7, 11) is 1.03. The first-order valence-corrected chi connectivity index (χ1v) is 11.1. The van der Waals surface area contributed by atoms with Crippen molar-refractivity contribution in [2.75, 3.05) is 13.6 Å². The summed E-state index contributed by atoms with van der Waals surface area (Å²) < 4.78 is 65.8. The molecule has 0 spiro atoms. The number of nitrogens with zero attached hydrogens (tertiary/aromatic N) is 2. The summed E-state index contributed by atoms with van der Waals surface area (Å²) in [5.74, 6) is -3.83. The van der Waals surface area contributed by atoms with Crippen LogP contribution in [-0.2, 0) is 21.7 Å². The Morgan fingerprint density at radius 1 is 1.03 bits per heavy atom. The van der Waals surface area contributed by atoms with Crippen molar-refractivity contribution in [1.82, 2.24) is 9.80 Å². The maximum Gasteiger partial charge on any atom is 0.397 e. The molecule has 13 heteroatoms. The monoisotopic (exact) mass is 553 g/mol. The number of likely N-dealkylation sites (N-methyl/N-ethyl adjacent to an activating group) is 1. The summed E-state index contributed by atoms with van der Waals surface area (Å²) in [5, 5.41) is 12.4. The number of amides is 2. The largest absolute Gasteiger partial charge is 0.530 e. The minimum absolute atomic E-state index is 0.0297. The van der Waals surface area contributed by atoms with Gasteiger partial charge in [0.2, 0.25) is 5.91 Å². The average Bonchev–Trinajstić information content (AvgIpc) is 2.78. The van der Waals surface area contributed by atoms with E-state index in [9.17, 15) is 41.4 Å². The number of hydrogen-bond acceptors (Lipinski definition) is 4. The van der Waals surface area contributed by atoms with Crippen LogP contribution in [0.5, 0.6) is 0 Å². The summed E-state index contributed by atoms with van der Waals surface area (Å²) in [6.45, 7) is -1.29. The lowest BCUT2D eigenvalue weighted by molar-refractivity contribution is -0.274. The fourth-order valence-electron chi connectivity index (χ4n) is 3.77. The molecular formula is C23H20Cl2F5N2O4-. The number of aldehydes is 1. The molecule has 0 heterocycles. The smallest absolute Gasteiger partial charge is 0.397 e. The lowest BCUT2D eigenvalue weighted by atomic mass is 9.82. The molecule has 36 heavy (non-hydrogen) atoms. The predicted molar refractivity (Wildman–Crippen MR) is 119 cm³/mol. The number of carboxylic acid groups (broad SMARTS) is 1. The minimum Gasteiger partial charge on any atom is -0.530 e. The van der Waals surface area contributed by atoms with E-state index in [4.69, 9.17) is 23.2 Å². The highest BCUT2D eigenvalue weighted by Crippen LogP contribution is 2.39. The van der Waals surface area contributed by atoms with Gasteiger partial charge in [-0.05, 0) is 41.8 Å². The van der Waals surface area contributed by atoms with Gasteiger partial charge in [-0.2, -0.15) is 13.2 Å². The van der Waals surface area contributed by atoms with Crippen LogP contribution in [0.15, 0.2) is 36.4 Å². The normalized spacial score (nSPS) is 13.1. The van der Waals surface area contributed by atoms with Crippen molar-refractivity contribution >= 4 is 41.5 Å². The molecule has 0 bridgehead atoms. The van der Waals surface area contributed by atoms with E-state index in [0.29, 0.717) is 16.1 Å². The Balaban J connectivity index is 2.70. The molecule has 2 aromatic rings. The molecule has 1 atom stereocenters. The Hall–Kier alpha value is -2.92. The first-order valence-electron chi connectivity index (χ1n) is 10.3. The second-order valence-corrected chi connectivity index (χ2v) is 8.82. The van der Waals surface area contributed by atoms with E-state index >= 15 is 0 Å². The quantitative estimate of drug-likeness (QED) is 0.315. The summed E-state index contributed by atoms with van der Waals surface area (Å²) >= 11 is 12.1. The molecule has 0 aliphatic heterocycles. The van der Waals surface area contributed by atoms with Gasteiger partial charge in [0, 0.05) is 26.6 Å². The zero-order valence-electron chi connectivity index (χ0n) is 18.8. The van der Waals surface area contributed by atoms with Gasteiger partial charge >= 0.3 is 6.18 Å². The van der Waals surface area contributed by atoms with Crippen LogP contribution in [-0.4, -0.2) is 47.9 Å². The maximum absolute atomic E-state index is 13.8. The minimum atomic E-state index is -4.83. The van der Waals surface area contributed by atoms with Crippen molar-refractivity contribution in [1.29, 1.82) is 0 Å². The lowest BCUT2D eigenvalue weighted by Crippen LogP contribution is -2.59. The van der Waals surface area contributed by atoms with E-state index in [2.05, 4.69) is 0 Å². The van der Waals surface area contributed by atoms with Crippen molar-refractivity contribution in [3.8, 4) is 0 Å². The zero-order chi connectivity index (χ0) is 27.3. The SMILES string of the molecule is CN(C[C@](CCC=O)(c1ccc(Cl)c(Cl)c1)N(Cc1ccc(F)c(F)c1)C(=O)[O-])C(=O)CC(F)(F)F. The van der Waals surface area contributed by atoms with E-state index in [0.717, 1.165) is 25.2 Å². The van der Waals surface area contributed by atoms with Gasteiger partial charge in [0.1, 0.15) is 18.8 Å². The molecule has 196 valence electrons. The van der Waals surface area contributed by atoms with Gasteiger partial charge in [-0.3, -0.25) is 4.79 Å². The second kappa shape index (κ2) is 11.9. The second-order valence-electron chi connectivity index (χ2n) is 8.01. The van der Waals surface area contributed by atoms with Gasteiger partial charge in [0.15, 0.2) is 11.6 Å². The van der Waals surface area contributed by atoms with Crippen molar-refractivity contribution < 1.29 is 41.4 Å². The molecule has 0 aromatic heterocycles. The number of carbonyl (C=O) groups is 3. The molecule has 0 saturated heterocycles. The number of hydrogen-bond donors (Lipinski definition) is 0. The zero-order valence-corrected chi connectivity index (χ0v) is 20.3. The van der Waals surface area contributed by atoms with Crippen LogP contribution in [0.1, 0.15) is 30.4 Å².